The molecule has 0 heterocycles. The number of esters is 2. The lowest BCUT2D eigenvalue weighted by molar-refractivity contribution is -0.173. The third-order valence-corrected chi connectivity index (χ3v) is 7.65. The summed E-state index contributed by atoms with van der Waals surface area (Å²) >= 11 is 0. The van der Waals surface area contributed by atoms with Crippen LogP contribution in [0.5, 0.6) is 0 Å². The van der Waals surface area contributed by atoms with Gasteiger partial charge >= 0.3 is 11.9 Å². The van der Waals surface area contributed by atoms with Gasteiger partial charge in [0.25, 0.3) is 0 Å². The monoisotopic (exact) mass is 438 g/mol. The molecule has 0 bridgehead atoms. The normalized spacial score (nSPS) is 31.5. The molecule has 2 rings (SSSR count). The van der Waals surface area contributed by atoms with Gasteiger partial charge < -0.3 is 20.5 Å². The first-order valence-electron chi connectivity index (χ1n) is 11.6. The molecule has 1 amide bonds. The summed E-state index contributed by atoms with van der Waals surface area (Å²) in [6.45, 7) is 11.3. The Kier molecular flexibility index (Phi) is 7.83. The first-order chi connectivity index (χ1) is 14.2. The molecule has 2 aliphatic carbocycles. The van der Waals surface area contributed by atoms with Crippen molar-refractivity contribution in [3.63, 3.8) is 0 Å². The zero-order valence-corrected chi connectivity index (χ0v) is 20.4. The van der Waals surface area contributed by atoms with Crippen molar-refractivity contribution < 1.29 is 23.9 Å². The average Bonchev–Trinajstić information content (AvgIpc) is 2.91. The number of nitrogens with one attached hydrogen (secondary N) is 1. The summed E-state index contributed by atoms with van der Waals surface area (Å²) in [5, 5.41) is 2.95. The molecule has 7 nitrogen and oxygen atoms in total. The number of hydrogen-bond donors (Lipinski definition) is 2. The Morgan fingerprint density at radius 2 is 1.65 bits per heavy atom. The predicted octanol–water partition coefficient (Wildman–Crippen LogP) is 3.34. The van der Waals surface area contributed by atoms with E-state index in [1.54, 1.807) is 0 Å². The molecule has 2 aliphatic rings. The van der Waals surface area contributed by atoms with Gasteiger partial charge in [0.15, 0.2) is 0 Å². The Bertz CT molecular complexity index is 676. The summed E-state index contributed by atoms with van der Waals surface area (Å²) < 4.78 is 10.7. The van der Waals surface area contributed by atoms with Gasteiger partial charge in [-0.25, -0.2) is 4.79 Å². The molecule has 7 heteroatoms. The van der Waals surface area contributed by atoms with E-state index in [0.29, 0.717) is 25.2 Å². The van der Waals surface area contributed by atoms with E-state index in [0.717, 1.165) is 25.7 Å². The quantitative estimate of drug-likeness (QED) is 0.616. The fourth-order valence-electron chi connectivity index (χ4n) is 5.10. The van der Waals surface area contributed by atoms with Crippen LogP contribution in [0.1, 0.15) is 86.5 Å². The zero-order valence-electron chi connectivity index (χ0n) is 20.4. The molecule has 0 aliphatic heterocycles. The molecule has 3 atom stereocenters. The van der Waals surface area contributed by atoms with Crippen LogP contribution in [0.4, 0.5) is 0 Å². The number of carbonyl (C=O) groups excluding carboxylic acids is 3. The molecule has 0 saturated heterocycles. The summed E-state index contributed by atoms with van der Waals surface area (Å²) in [5.41, 5.74) is 4.02. The van der Waals surface area contributed by atoms with Crippen LogP contribution in [0.3, 0.4) is 0 Å². The maximum Gasteiger partial charge on any atom is 0.328 e. The smallest absolute Gasteiger partial charge is 0.328 e. The summed E-state index contributed by atoms with van der Waals surface area (Å²) in [6, 6.07) is -0.451. The predicted molar refractivity (Wildman–Crippen MR) is 119 cm³/mol. The van der Waals surface area contributed by atoms with Gasteiger partial charge in [-0.15, -0.1) is 0 Å². The van der Waals surface area contributed by atoms with Crippen molar-refractivity contribution in [2.24, 2.45) is 28.4 Å². The van der Waals surface area contributed by atoms with Crippen molar-refractivity contribution >= 4 is 17.8 Å². The molecule has 0 spiro atoms. The van der Waals surface area contributed by atoms with E-state index >= 15 is 0 Å². The number of methoxy groups -OCH3 is 1. The third kappa shape index (κ3) is 5.79. The topological polar surface area (TPSA) is 108 Å². The van der Waals surface area contributed by atoms with Crippen LogP contribution in [0.15, 0.2) is 0 Å². The van der Waals surface area contributed by atoms with E-state index in [4.69, 9.17) is 15.2 Å². The second-order valence-electron chi connectivity index (χ2n) is 11.2. The van der Waals surface area contributed by atoms with Crippen LogP contribution in [-0.4, -0.2) is 42.6 Å². The van der Waals surface area contributed by atoms with Crippen molar-refractivity contribution in [3.05, 3.63) is 0 Å². The van der Waals surface area contributed by atoms with Crippen LogP contribution in [-0.2, 0) is 23.9 Å². The molecular formula is C24H42N2O5. The fraction of sp³-hybridized carbons (Fsp3) is 0.875. The van der Waals surface area contributed by atoms with Gasteiger partial charge in [-0.05, 0) is 84.0 Å². The number of carbonyl (C=O) groups is 3. The van der Waals surface area contributed by atoms with Crippen molar-refractivity contribution in [1.82, 2.24) is 5.32 Å². The maximum atomic E-state index is 13.3. The van der Waals surface area contributed by atoms with Crippen molar-refractivity contribution in [2.45, 2.75) is 104 Å². The van der Waals surface area contributed by atoms with E-state index in [9.17, 15) is 14.4 Å². The molecule has 178 valence electrons. The molecule has 31 heavy (non-hydrogen) atoms. The Morgan fingerprint density at radius 1 is 1.06 bits per heavy atom. The lowest BCUT2D eigenvalue weighted by Gasteiger charge is -2.40. The Morgan fingerprint density at radius 3 is 2.16 bits per heavy atom. The van der Waals surface area contributed by atoms with E-state index in [1.165, 1.54) is 7.11 Å². The highest BCUT2D eigenvalue weighted by Crippen LogP contribution is 2.57. The largest absolute Gasteiger partial charge is 0.467 e. The number of ether oxygens (including phenoxy) is 2. The van der Waals surface area contributed by atoms with E-state index in [2.05, 4.69) is 5.32 Å². The standard InChI is InChI=1S/C24H42N2O5/c1-22(2,3)31-21(29)24(6)13-12-17(23(24,4)5)19(27)26-18(20(28)30-7)14-15-8-10-16(25)11-9-15/h15-18H,8-14,25H2,1-7H3,(H,26,27)/t15?,16?,17-,18+,24+/m1/s1. The van der Waals surface area contributed by atoms with Gasteiger partial charge in [0.05, 0.1) is 12.5 Å². The molecular weight excluding hydrogens is 396 g/mol. The lowest BCUT2D eigenvalue weighted by atomic mass is 9.65. The fourth-order valence-corrected chi connectivity index (χ4v) is 5.10. The highest BCUT2D eigenvalue weighted by Gasteiger charge is 2.59. The minimum absolute atomic E-state index is 0.194. The summed E-state index contributed by atoms with van der Waals surface area (Å²) in [5.74, 6) is -0.942. The van der Waals surface area contributed by atoms with Crippen LogP contribution in [0.25, 0.3) is 0 Å². The average molecular weight is 439 g/mol. The summed E-state index contributed by atoms with van der Waals surface area (Å²) in [7, 11) is 1.34. The molecule has 0 aromatic carbocycles. The third-order valence-electron chi connectivity index (χ3n) is 7.65. The molecule has 3 N–H and O–H groups in total. The molecule has 0 unspecified atom stereocenters. The number of rotatable bonds is 6. The number of amides is 1. The van der Waals surface area contributed by atoms with Gasteiger partial charge in [0.1, 0.15) is 11.6 Å². The van der Waals surface area contributed by atoms with Crippen molar-refractivity contribution in [3.8, 4) is 0 Å². The van der Waals surface area contributed by atoms with Crippen molar-refractivity contribution in [2.75, 3.05) is 7.11 Å². The van der Waals surface area contributed by atoms with Crippen LogP contribution in [0.2, 0.25) is 0 Å². The zero-order chi connectivity index (χ0) is 23.6. The molecule has 0 radical (unpaired) electrons. The summed E-state index contributed by atoms with van der Waals surface area (Å²) in [6.07, 6.45) is 5.48. The van der Waals surface area contributed by atoms with Crippen LogP contribution < -0.4 is 11.1 Å². The molecule has 0 aromatic rings. The minimum Gasteiger partial charge on any atom is -0.467 e. The van der Waals surface area contributed by atoms with E-state index in [1.807, 2.05) is 41.5 Å². The lowest BCUT2D eigenvalue weighted by Crippen LogP contribution is -2.51. The van der Waals surface area contributed by atoms with Gasteiger partial charge in [-0.1, -0.05) is 13.8 Å². The maximum absolute atomic E-state index is 13.3. The Hall–Kier alpha value is -1.63. The van der Waals surface area contributed by atoms with E-state index in [-0.39, 0.29) is 17.9 Å². The van der Waals surface area contributed by atoms with Crippen LogP contribution >= 0.6 is 0 Å². The molecule has 2 fully saturated rings. The first kappa shape index (κ1) is 25.6. The van der Waals surface area contributed by atoms with Crippen LogP contribution in [0, 0.1) is 22.7 Å². The van der Waals surface area contributed by atoms with Crippen molar-refractivity contribution in [1.29, 1.82) is 0 Å². The Balaban J connectivity index is 2.11. The van der Waals surface area contributed by atoms with Gasteiger partial charge in [0.2, 0.25) is 5.91 Å². The van der Waals surface area contributed by atoms with Gasteiger partial charge in [-0.2, -0.15) is 0 Å². The SMILES string of the molecule is COC(=O)[C@H](CC1CCC(N)CC1)NC(=O)[C@H]1CC[C@@](C)(C(=O)OC(C)(C)C)C1(C)C. The van der Waals surface area contributed by atoms with Gasteiger partial charge in [0, 0.05) is 12.0 Å². The number of nitrogens with two attached hydrogens (primary N) is 1. The second kappa shape index (κ2) is 9.47. The highest BCUT2D eigenvalue weighted by molar-refractivity contribution is 5.88. The minimum atomic E-state index is -0.775. The highest BCUT2D eigenvalue weighted by atomic mass is 16.6. The molecule has 0 aromatic heterocycles. The number of hydrogen-bond acceptors (Lipinski definition) is 6. The molecule has 2 saturated carbocycles. The Labute approximate surface area is 187 Å². The van der Waals surface area contributed by atoms with E-state index < -0.39 is 34.4 Å². The summed E-state index contributed by atoms with van der Waals surface area (Å²) in [4.78, 5) is 38.7. The first-order valence-corrected chi connectivity index (χ1v) is 11.6. The van der Waals surface area contributed by atoms with Gasteiger partial charge in [-0.3, -0.25) is 9.59 Å². The second-order valence-corrected chi connectivity index (χ2v) is 11.2.